The van der Waals surface area contributed by atoms with Gasteiger partial charge in [-0.2, -0.15) is 4.99 Å². The zero-order valence-electron chi connectivity index (χ0n) is 17.1. The predicted molar refractivity (Wildman–Crippen MR) is 120 cm³/mol. The highest BCUT2D eigenvalue weighted by molar-refractivity contribution is 7.16. The second kappa shape index (κ2) is 8.24. The maximum absolute atomic E-state index is 12.9. The molecule has 0 fully saturated rings. The molecule has 0 aliphatic heterocycles. The Morgan fingerprint density at radius 3 is 2.50 bits per heavy atom. The van der Waals surface area contributed by atoms with Crippen molar-refractivity contribution in [2.75, 3.05) is 6.61 Å². The van der Waals surface area contributed by atoms with Gasteiger partial charge < -0.3 is 9.30 Å². The Balaban J connectivity index is 1.83. The summed E-state index contributed by atoms with van der Waals surface area (Å²) in [4.78, 5) is 30.0. The van der Waals surface area contributed by atoms with Gasteiger partial charge in [0.15, 0.2) is 4.80 Å². The first kappa shape index (κ1) is 20.0. The number of thiazole rings is 1. The maximum atomic E-state index is 12.9. The predicted octanol–water partition coefficient (Wildman–Crippen LogP) is 4.78. The topological polar surface area (TPSA) is 60.7 Å². The zero-order chi connectivity index (χ0) is 21.3. The third-order valence-corrected chi connectivity index (χ3v) is 6.13. The van der Waals surface area contributed by atoms with E-state index >= 15 is 0 Å². The van der Waals surface area contributed by atoms with Gasteiger partial charge in [-0.15, -0.1) is 0 Å². The Hall–Kier alpha value is -3.25. The highest BCUT2D eigenvalue weighted by atomic mass is 32.1. The van der Waals surface area contributed by atoms with Crippen LogP contribution in [0, 0.1) is 13.8 Å². The van der Waals surface area contributed by atoms with Gasteiger partial charge in [0.2, 0.25) is 0 Å². The van der Waals surface area contributed by atoms with Crippen molar-refractivity contribution in [2.24, 2.45) is 4.99 Å². The van der Waals surface area contributed by atoms with E-state index in [0.717, 1.165) is 32.1 Å². The van der Waals surface area contributed by atoms with E-state index in [4.69, 9.17) is 4.74 Å². The number of benzene rings is 3. The number of aryl methyl sites for hydroxylation is 2. The number of carbonyl (C=O) groups is 2. The van der Waals surface area contributed by atoms with E-state index in [1.807, 2.05) is 56.3 Å². The van der Waals surface area contributed by atoms with E-state index in [9.17, 15) is 9.59 Å². The highest BCUT2D eigenvalue weighted by Gasteiger charge is 2.14. The van der Waals surface area contributed by atoms with E-state index in [1.165, 1.54) is 11.3 Å². The van der Waals surface area contributed by atoms with Crippen LogP contribution in [0.15, 0.2) is 59.6 Å². The summed E-state index contributed by atoms with van der Waals surface area (Å²) in [5.74, 6) is -0.687. The number of hydrogen-bond donors (Lipinski definition) is 0. The summed E-state index contributed by atoms with van der Waals surface area (Å²) >= 11 is 1.40. The molecule has 0 aliphatic rings. The van der Waals surface area contributed by atoms with Gasteiger partial charge in [-0.1, -0.05) is 41.7 Å². The van der Waals surface area contributed by atoms with Crippen LogP contribution in [-0.2, 0) is 16.1 Å². The summed E-state index contributed by atoms with van der Waals surface area (Å²) in [6, 6.07) is 17.5. The van der Waals surface area contributed by atoms with Gasteiger partial charge in [0, 0.05) is 5.56 Å². The second-order valence-corrected chi connectivity index (χ2v) is 8.17. The Kier molecular flexibility index (Phi) is 5.50. The Bertz CT molecular complexity index is 1350. The fraction of sp³-hybridized carbons (Fsp3) is 0.208. The van der Waals surface area contributed by atoms with Gasteiger partial charge >= 0.3 is 5.97 Å². The fourth-order valence-corrected chi connectivity index (χ4v) is 4.48. The molecule has 0 aliphatic carbocycles. The van der Waals surface area contributed by atoms with Crippen molar-refractivity contribution in [3.8, 4) is 0 Å². The smallest absolute Gasteiger partial charge is 0.326 e. The number of rotatable bonds is 4. The first-order chi connectivity index (χ1) is 14.5. The SMILES string of the molecule is CCOC(=O)Cn1c(=NC(=O)c2ccc3ccccc3c2)sc2cc(C)c(C)cc21. The molecule has 0 saturated carbocycles. The third kappa shape index (κ3) is 3.91. The van der Waals surface area contributed by atoms with Crippen molar-refractivity contribution in [1.29, 1.82) is 0 Å². The van der Waals surface area contributed by atoms with Crippen LogP contribution in [0.5, 0.6) is 0 Å². The van der Waals surface area contributed by atoms with Gasteiger partial charge in [-0.05, 0) is 66.9 Å². The minimum atomic E-state index is -0.352. The molecule has 3 aromatic carbocycles. The monoisotopic (exact) mass is 418 g/mol. The maximum Gasteiger partial charge on any atom is 0.326 e. The largest absolute Gasteiger partial charge is 0.465 e. The lowest BCUT2D eigenvalue weighted by molar-refractivity contribution is -0.143. The summed E-state index contributed by atoms with van der Waals surface area (Å²) in [6.45, 7) is 6.16. The first-order valence-electron chi connectivity index (χ1n) is 9.80. The number of esters is 1. The number of aromatic nitrogens is 1. The number of hydrogen-bond acceptors (Lipinski definition) is 4. The van der Waals surface area contributed by atoms with Crippen molar-refractivity contribution in [3.63, 3.8) is 0 Å². The molecule has 0 unspecified atom stereocenters. The van der Waals surface area contributed by atoms with Crippen LogP contribution >= 0.6 is 11.3 Å². The van der Waals surface area contributed by atoms with Gasteiger partial charge in [0.25, 0.3) is 5.91 Å². The summed E-state index contributed by atoms with van der Waals surface area (Å²) in [6.07, 6.45) is 0. The number of ether oxygens (including phenoxy) is 1. The summed E-state index contributed by atoms with van der Waals surface area (Å²) in [7, 11) is 0. The molecule has 4 aromatic rings. The molecule has 0 N–H and O–H groups in total. The zero-order valence-corrected chi connectivity index (χ0v) is 18.0. The lowest BCUT2D eigenvalue weighted by Gasteiger charge is -2.06. The van der Waals surface area contributed by atoms with E-state index in [-0.39, 0.29) is 18.4 Å². The van der Waals surface area contributed by atoms with Crippen LogP contribution < -0.4 is 4.80 Å². The molecule has 5 nitrogen and oxygen atoms in total. The van der Waals surface area contributed by atoms with Crippen LogP contribution in [-0.4, -0.2) is 23.1 Å². The van der Waals surface area contributed by atoms with Crippen molar-refractivity contribution in [3.05, 3.63) is 76.1 Å². The summed E-state index contributed by atoms with van der Waals surface area (Å²) < 4.78 is 7.88. The molecule has 1 amide bonds. The quantitative estimate of drug-likeness (QED) is 0.448. The lowest BCUT2D eigenvalue weighted by Crippen LogP contribution is -2.23. The molecular formula is C24H22N2O3S. The van der Waals surface area contributed by atoms with E-state index in [0.29, 0.717) is 17.0 Å². The van der Waals surface area contributed by atoms with Crippen molar-refractivity contribution in [1.82, 2.24) is 4.57 Å². The molecule has 0 bridgehead atoms. The van der Waals surface area contributed by atoms with Crippen LogP contribution in [0.25, 0.3) is 21.0 Å². The Morgan fingerprint density at radius 1 is 1.00 bits per heavy atom. The molecule has 1 heterocycles. The van der Waals surface area contributed by atoms with Gasteiger partial charge in [-0.3, -0.25) is 9.59 Å². The standard InChI is InChI=1S/C24H22N2O3S/c1-4-29-22(27)14-26-20-11-15(2)16(3)12-21(20)30-24(26)25-23(28)19-10-9-17-7-5-6-8-18(17)13-19/h5-13H,4,14H2,1-3H3. The molecule has 1 aromatic heterocycles. The van der Waals surface area contributed by atoms with Crippen molar-refractivity contribution >= 4 is 44.2 Å². The van der Waals surface area contributed by atoms with E-state index in [1.54, 1.807) is 17.6 Å². The molecule has 152 valence electrons. The molecule has 4 rings (SSSR count). The van der Waals surface area contributed by atoms with Crippen LogP contribution in [0.4, 0.5) is 0 Å². The Morgan fingerprint density at radius 2 is 1.73 bits per heavy atom. The second-order valence-electron chi connectivity index (χ2n) is 7.16. The van der Waals surface area contributed by atoms with E-state index in [2.05, 4.69) is 11.1 Å². The van der Waals surface area contributed by atoms with Gasteiger partial charge in [-0.25, -0.2) is 0 Å². The molecular weight excluding hydrogens is 396 g/mol. The molecule has 0 spiro atoms. The Labute approximate surface area is 178 Å². The van der Waals surface area contributed by atoms with Crippen LogP contribution in [0.1, 0.15) is 28.4 Å². The van der Waals surface area contributed by atoms with Crippen LogP contribution in [0.2, 0.25) is 0 Å². The number of amides is 1. The van der Waals surface area contributed by atoms with Crippen molar-refractivity contribution < 1.29 is 14.3 Å². The normalized spacial score (nSPS) is 11.9. The number of fused-ring (bicyclic) bond motifs is 2. The molecule has 0 radical (unpaired) electrons. The van der Waals surface area contributed by atoms with Gasteiger partial charge in [0.05, 0.1) is 16.8 Å². The minimum absolute atomic E-state index is 0.0141. The average molecular weight is 419 g/mol. The molecule has 0 saturated heterocycles. The molecule has 0 atom stereocenters. The minimum Gasteiger partial charge on any atom is -0.465 e. The van der Waals surface area contributed by atoms with E-state index < -0.39 is 0 Å². The average Bonchev–Trinajstić information content (AvgIpc) is 3.04. The number of carbonyl (C=O) groups excluding carboxylic acids is 2. The van der Waals surface area contributed by atoms with Crippen LogP contribution in [0.3, 0.4) is 0 Å². The van der Waals surface area contributed by atoms with Gasteiger partial charge in [0.1, 0.15) is 6.54 Å². The molecule has 6 heteroatoms. The molecule has 30 heavy (non-hydrogen) atoms. The fourth-order valence-electron chi connectivity index (χ4n) is 3.37. The number of nitrogens with zero attached hydrogens (tertiary/aromatic N) is 2. The third-order valence-electron chi connectivity index (χ3n) is 5.08. The summed E-state index contributed by atoms with van der Waals surface area (Å²) in [5.41, 5.74) is 3.66. The summed E-state index contributed by atoms with van der Waals surface area (Å²) in [5, 5.41) is 2.06. The first-order valence-corrected chi connectivity index (χ1v) is 10.6. The van der Waals surface area contributed by atoms with Crippen molar-refractivity contribution in [2.45, 2.75) is 27.3 Å². The highest BCUT2D eigenvalue weighted by Crippen LogP contribution is 2.22. The lowest BCUT2D eigenvalue weighted by atomic mass is 10.1.